The van der Waals surface area contributed by atoms with Gasteiger partial charge in [0, 0.05) is 17.1 Å². The van der Waals surface area contributed by atoms with Gasteiger partial charge < -0.3 is 14.4 Å². The molecule has 1 aliphatic heterocycles. The molecule has 0 spiro atoms. The number of thiocarbonyl (C=S) groups is 1. The number of methoxy groups -OCH3 is 1. The monoisotopic (exact) mass is 489 g/mol. The van der Waals surface area contributed by atoms with Crippen LogP contribution in [-0.2, 0) is 9.59 Å². The van der Waals surface area contributed by atoms with Crippen molar-refractivity contribution in [3.63, 3.8) is 0 Å². The number of ether oxygens (including phenoxy) is 1. The van der Waals surface area contributed by atoms with Crippen LogP contribution in [0.4, 0.5) is 5.69 Å². The van der Waals surface area contributed by atoms with Crippen molar-refractivity contribution < 1.29 is 24.2 Å². The van der Waals surface area contributed by atoms with Crippen molar-refractivity contribution in [1.29, 1.82) is 0 Å². The van der Waals surface area contributed by atoms with E-state index >= 15 is 0 Å². The number of carbonyl (C=O) groups excluding carboxylic acids is 2. The number of anilines is 1. The zero-order valence-corrected chi connectivity index (χ0v) is 20.4. The minimum absolute atomic E-state index is 0.0340. The quantitative estimate of drug-likeness (QED) is 0.320. The van der Waals surface area contributed by atoms with Crippen LogP contribution >= 0.6 is 12.2 Å². The molecule has 178 valence electrons. The number of hydrogen-bond donors (Lipinski definition) is 2. The summed E-state index contributed by atoms with van der Waals surface area (Å²) in [4.78, 5) is 39.1. The van der Waals surface area contributed by atoms with Crippen LogP contribution in [0.2, 0.25) is 0 Å². The third-order valence-corrected chi connectivity index (χ3v) is 6.26. The Hall–Kier alpha value is -4.24. The van der Waals surface area contributed by atoms with Crippen molar-refractivity contribution in [3.8, 4) is 11.4 Å². The topological polar surface area (TPSA) is 101 Å². The zero-order valence-electron chi connectivity index (χ0n) is 19.6. The number of rotatable bonds is 5. The molecular formula is C26H23N3O5S. The normalized spacial score (nSPS) is 14.9. The Morgan fingerprint density at radius 2 is 1.74 bits per heavy atom. The summed E-state index contributed by atoms with van der Waals surface area (Å²) < 4.78 is 7.27. The number of para-hydroxylation sites is 2. The van der Waals surface area contributed by atoms with Crippen LogP contribution in [0.25, 0.3) is 11.8 Å². The first-order chi connectivity index (χ1) is 16.6. The molecular weight excluding hydrogens is 466 g/mol. The fraction of sp³-hybridized carbons (Fsp3) is 0.154. The Morgan fingerprint density at radius 3 is 2.43 bits per heavy atom. The van der Waals surface area contributed by atoms with E-state index in [0.29, 0.717) is 28.3 Å². The van der Waals surface area contributed by atoms with Gasteiger partial charge in [0.15, 0.2) is 5.11 Å². The van der Waals surface area contributed by atoms with Crippen molar-refractivity contribution in [2.75, 3.05) is 12.0 Å². The summed E-state index contributed by atoms with van der Waals surface area (Å²) in [5.74, 6) is -1.74. The molecule has 8 nitrogen and oxygen atoms in total. The Bertz CT molecular complexity index is 1440. The van der Waals surface area contributed by atoms with E-state index in [0.717, 1.165) is 11.4 Å². The summed E-state index contributed by atoms with van der Waals surface area (Å²) in [5, 5.41) is 12.1. The van der Waals surface area contributed by atoms with E-state index in [1.807, 2.05) is 30.5 Å². The Labute approximate surface area is 207 Å². The van der Waals surface area contributed by atoms with Gasteiger partial charge in [-0.05, 0) is 80.5 Å². The maximum absolute atomic E-state index is 13.4. The van der Waals surface area contributed by atoms with Crippen molar-refractivity contribution in [2.24, 2.45) is 0 Å². The van der Waals surface area contributed by atoms with Gasteiger partial charge in [0.1, 0.15) is 11.3 Å². The third kappa shape index (κ3) is 4.10. The van der Waals surface area contributed by atoms with Crippen LogP contribution in [0, 0.1) is 20.8 Å². The molecule has 2 amide bonds. The van der Waals surface area contributed by atoms with E-state index in [9.17, 15) is 19.5 Å². The molecule has 0 bridgehead atoms. The summed E-state index contributed by atoms with van der Waals surface area (Å²) in [6, 6.07) is 13.8. The highest BCUT2D eigenvalue weighted by atomic mass is 32.1. The highest BCUT2D eigenvalue weighted by molar-refractivity contribution is 7.80. The van der Waals surface area contributed by atoms with Crippen molar-refractivity contribution >= 4 is 46.9 Å². The number of aryl methyl sites for hydroxylation is 1. The van der Waals surface area contributed by atoms with Crippen molar-refractivity contribution in [1.82, 2.24) is 9.88 Å². The number of amides is 2. The fourth-order valence-corrected chi connectivity index (χ4v) is 4.52. The SMILES string of the molecule is COc1ccccc1N1C(=O)/C(=C/c2cc(C)n(-c3cccc(C(=O)O)c3C)c2C)C(=O)NC1=S. The Morgan fingerprint density at radius 1 is 1.06 bits per heavy atom. The second-order valence-corrected chi connectivity index (χ2v) is 8.43. The predicted octanol–water partition coefficient (Wildman–Crippen LogP) is 3.94. The van der Waals surface area contributed by atoms with Gasteiger partial charge in [0.05, 0.1) is 18.4 Å². The molecule has 1 saturated heterocycles. The summed E-state index contributed by atoms with van der Waals surface area (Å²) in [6.07, 6.45) is 1.52. The lowest BCUT2D eigenvalue weighted by Crippen LogP contribution is -2.54. The number of nitrogens with one attached hydrogen (secondary N) is 1. The van der Waals surface area contributed by atoms with E-state index in [2.05, 4.69) is 5.32 Å². The molecule has 2 N–H and O–H groups in total. The van der Waals surface area contributed by atoms with E-state index in [4.69, 9.17) is 17.0 Å². The number of hydrogen-bond acceptors (Lipinski definition) is 5. The van der Waals surface area contributed by atoms with Crippen molar-refractivity contribution in [3.05, 3.63) is 82.2 Å². The van der Waals surface area contributed by atoms with Gasteiger partial charge in [-0.3, -0.25) is 14.9 Å². The fourth-order valence-electron chi connectivity index (χ4n) is 4.25. The molecule has 2 aromatic carbocycles. The molecule has 0 aliphatic carbocycles. The Kier molecular flexibility index (Phi) is 6.27. The number of aromatic carboxylic acids is 1. The third-order valence-electron chi connectivity index (χ3n) is 5.97. The largest absolute Gasteiger partial charge is 0.495 e. The lowest BCUT2D eigenvalue weighted by Gasteiger charge is -2.29. The lowest BCUT2D eigenvalue weighted by molar-refractivity contribution is -0.122. The molecule has 2 heterocycles. The summed E-state index contributed by atoms with van der Waals surface area (Å²) in [6.45, 7) is 5.47. The van der Waals surface area contributed by atoms with Gasteiger partial charge in [-0.15, -0.1) is 0 Å². The summed E-state index contributed by atoms with van der Waals surface area (Å²) >= 11 is 5.29. The van der Waals surface area contributed by atoms with Crippen LogP contribution in [-0.4, -0.2) is 39.7 Å². The van der Waals surface area contributed by atoms with Crippen molar-refractivity contribution in [2.45, 2.75) is 20.8 Å². The molecule has 1 aliphatic rings. The molecule has 1 fully saturated rings. The number of carboxylic acid groups (broad SMARTS) is 1. The number of carbonyl (C=O) groups is 3. The van der Waals surface area contributed by atoms with Gasteiger partial charge in [0.25, 0.3) is 11.8 Å². The number of carboxylic acids is 1. The molecule has 4 rings (SSSR count). The molecule has 0 unspecified atom stereocenters. The first-order valence-electron chi connectivity index (χ1n) is 10.7. The van der Waals surface area contributed by atoms with Crippen LogP contribution in [0.3, 0.4) is 0 Å². The molecule has 0 radical (unpaired) electrons. The minimum atomic E-state index is -1.01. The second-order valence-electron chi connectivity index (χ2n) is 8.05. The molecule has 35 heavy (non-hydrogen) atoms. The summed E-state index contributed by atoms with van der Waals surface area (Å²) in [5.41, 5.74) is 4.08. The first-order valence-corrected chi connectivity index (χ1v) is 11.1. The Balaban J connectivity index is 1.81. The van der Waals surface area contributed by atoms with Gasteiger partial charge in [0.2, 0.25) is 0 Å². The van der Waals surface area contributed by atoms with Crippen LogP contribution in [0.5, 0.6) is 5.75 Å². The van der Waals surface area contributed by atoms with E-state index in [1.54, 1.807) is 43.3 Å². The minimum Gasteiger partial charge on any atom is -0.495 e. The van der Waals surface area contributed by atoms with Gasteiger partial charge in [-0.1, -0.05) is 18.2 Å². The summed E-state index contributed by atoms with van der Waals surface area (Å²) in [7, 11) is 1.49. The van der Waals surface area contributed by atoms with Crippen LogP contribution < -0.4 is 15.0 Å². The van der Waals surface area contributed by atoms with Gasteiger partial charge in [-0.2, -0.15) is 0 Å². The average Bonchev–Trinajstić information content (AvgIpc) is 3.09. The predicted molar refractivity (Wildman–Crippen MR) is 136 cm³/mol. The second kappa shape index (κ2) is 9.19. The van der Waals surface area contributed by atoms with E-state index in [1.165, 1.54) is 18.1 Å². The van der Waals surface area contributed by atoms with E-state index < -0.39 is 17.8 Å². The molecule has 1 aromatic heterocycles. The average molecular weight is 490 g/mol. The zero-order chi connectivity index (χ0) is 25.4. The van der Waals surface area contributed by atoms with Crippen LogP contribution in [0.1, 0.15) is 32.9 Å². The van der Waals surface area contributed by atoms with E-state index in [-0.39, 0.29) is 16.2 Å². The highest BCUT2D eigenvalue weighted by Crippen LogP contribution is 2.32. The smallest absolute Gasteiger partial charge is 0.336 e. The molecule has 0 atom stereocenters. The highest BCUT2D eigenvalue weighted by Gasteiger charge is 2.36. The molecule has 9 heteroatoms. The maximum atomic E-state index is 13.4. The number of nitrogens with zero attached hydrogens (tertiary/aromatic N) is 2. The molecule has 0 saturated carbocycles. The molecule has 3 aromatic rings. The standard InChI is InChI=1S/C26H23N3O5S/c1-14-12-17(16(3)28(14)20-10-7-8-18(15(20)2)25(32)33)13-19-23(30)27-26(35)29(24(19)31)21-9-5-6-11-22(21)34-4/h5-13H,1-4H3,(H,32,33)(H,27,30,35)/b19-13+. The number of benzene rings is 2. The first kappa shape index (κ1) is 23.9. The van der Waals surface area contributed by atoms with Crippen LogP contribution in [0.15, 0.2) is 54.1 Å². The number of aromatic nitrogens is 1. The van der Waals surface area contributed by atoms with Gasteiger partial charge in [-0.25, -0.2) is 9.69 Å². The lowest BCUT2D eigenvalue weighted by atomic mass is 10.1. The van der Waals surface area contributed by atoms with Gasteiger partial charge >= 0.3 is 5.97 Å². The maximum Gasteiger partial charge on any atom is 0.336 e.